The minimum absolute atomic E-state index is 0.0738. The van der Waals surface area contributed by atoms with Crippen LogP contribution in [-0.2, 0) is 5.41 Å². The molecule has 0 amide bonds. The van der Waals surface area contributed by atoms with E-state index in [4.69, 9.17) is 0 Å². The van der Waals surface area contributed by atoms with Crippen molar-refractivity contribution in [2.45, 2.75) is 30.6 Å². The summed E-state index contributed by atoms with van der Waals surface area (Å²) in [5.74, 6) is 0.102. The largest absolute Gasteiger partial charge is 0.396 e. The number of hydrogen-bond acceptors (Lipinski definition) is 2. The Morgan fingerprint density at radius 3 is 2.32 bits per heavy atom. The maximum Gasteiger partial charge on any atom is 0.0523 e. The summed E-state index contributed by atoms with van der Waals surface area (Å²) in [5.41, 5.74) is 2.42. The molecule has 1 fully saturated rings. The fourth-order valence-electron chi connectivity index (χ4n) is 3.30. The fraction of sp³-hybridized carbons (Fsp3) is 0.353. The molecule has 0 saturated heterocycles. The highest BCUT2D eigenvalue weighted by Crippen LogP contribution is 2.52. The summed E-state index contributed by atoms with van der Waals surface area (Å²) in [7, 11) is 0. The molecule has 1 aliphatic carbocycles. The molecule has 0 spiro atoms. The minimum atomic E-state index is 0.0738. The molecule has 1 heterocycles. The van der Waals surface area contributed by atoms with E-state index in [1.807, 2.05) is 30.5 Å². The van der Waals surface area contributed by atoms with Crippen LogP contribution in [0.2, 0.25) is 0 Å². The predicted molar refractivity (Wildman–Crippen MR) is 76.0 cm³/mol. The molecule has 3 rings (SSSR count). The van der Waals surface area contributed by atoms with Crippen LogP contribution in [0.25, 0.3) is 0 Å². The number of benzene rings is 1. The fourth-order valence-corrected chi connectivity index (χ4v) is 3.30. The van der Waals surface area contributed by atoms with Crippen LogP contribution in [0.4, 0.5) is 0 Å². The van der Waals surface area contributed by atoms with E-state index in [0.717, 1.165) is 18.5 Å². The van der Waals surface area contributed by atoms with E-state index in [9.17, 15) is 5.11 Å². The smallest absolute Gasteiger partial charge is 0.0523 e. The normalized spacial score (nSPS) is 18.6. The van der Waals surface area contributed by atoms with Gasteiger partial charge in [0.2, 0.25) is 0 Å². The molecule has 1 atom stereocenters. The molecule has 0 radical (unpaired) electrons. The molecular weight excluding hydrogens is 234 g/mol. The number of rotatable bonds is 4. The predicted octanol–water partition coefficient (Wildman–Crippen LogP) is 3.28. The van der Waals surface area contributed by atoms with E-state index in [2.05, 4.69) is 29.2 Å². The van der Waals surface area contributed by atoms with Gasteiger partial charge in [-0.25, -0.2) is 0 Å². The Labute approximate surface area is 114 Å². The van der Waals surface area contributed by atoms with Gasteiger partial charge in [-0.3, -0.25) is 4.98 Å². The summed E-state index contributed by atoms with van der Waals surface area (Å²) in [6.07, 6.45) is 5.32. The Kier molecular flexibility index (Phi) is 3.34. The minimum Gasteiger partial charge on any atom is -0.396 e. The number of nitrogens with zero attached hydrogens (tertiary/aromatic N) is 1. The summed E-state index contributed by atoms with van der Waals surface area (Å²) < 4.78 is 0. The average molecular weight is 253 g/mol. The third kappa shape index (κ3) is 2.06. The molecule has 1 unspecified atom stereocenters. The zero-order valence-electron chi connectivity index (χ0n) is 11.0. The lowest BCUT2D eigenvalue weighted by Gasteiger charge is -2.47. The van der Waals surface area contributed by atoms with E-state index in [0.29, 0.717) is 0 Å². The van der Waals surface area contributed by atoms with Gasteiger partial charge >= 0.3 is 0 Å². The van der Waals surface area contributed by atoms with Crippen LogP contribution in [0, 0.1) is 0 Å². The third-order valence-electron chi connectivity index (χ3n) is 4.49. The van der Waals surface area contributed by atoms with E-state index in [-0.39, 0.29) is 17.9 Å². The van der Waals surface area contributed by atoms with Gasteiger partial charge in [0.05, 0.1) is 6.61 Å². The topological polar surface area (TPSA) is 33.1 Å². The molecular formula is C17H19NO. The van der Waals surface area contributed by atoms with Crippen LogP contribution in [0.15, 0.2) is 54.7 Å². The maximum atomic E-state index is 9.90. The lowest BCUT2D eigenvalue weighted by molar-refractivity contribution is 0.131. The number of hydrogen-bond donors (Lipinski definition) is 1. The van der Waals surface area contributed by atoms with Gasteiger partial charge in [0.15, 0.2) is 0 Å². The van der Waals surface area contributed by atoms with Crippen LogP contribution in [0.3, 0.4) is 0 Å². The second-order valence-electron chi connectivity index (χ2n) is 5.37. The van der Waals surface area contributed by atoms with Crippen molar-refractivity contribution in [3.63, 3.8) is 0 Å². The summed E-state index contributed by atoms with van der Waals surface area (Å²) >= 11 is 0. The van der Waals surface area contributed by atoms with Crippen LogP contribution in [0.5, 0.6) is 0 Å². The zero-order valence-corrected chi connectivity index (χ0v) is 11.0. The number of aliphatic hydroxyl groups excluding tert-OH is 1. The molecule has 98 valence electrons. The first-order valence-corrected chi connectivity index (χ1v) is 6.94. The van der Waals surface area contributed by atoms with Crippen molar-refractivity contribution in [2.75, 3.05) is 6.61 Å². The molecule has 0 aliphatic heterocycles. The second kappa shape index (κ2) is 5.14. The molecule has 1 N–H and O–H groups in total. The molecule has 2 nitrogen and oxygen atoms in total. The monoisotopic (exact) mass is 253 g/mol. The highest BCUT2D eigenvalue weighted by Gasteiger charge is 2.46. The zero-order chi connectivity index (χ0) is 13.1. The van der Waals surface area contributed by atoms with Crippen molar-refractivity contribution in [1.82, 2.24) is 4.98 Å². The molecule has 1 aliphatic rings. The highest BCUT2D eigenvalue weighted by molar-refractivity contribution is 5.34. The van der Waals surface area contributed by atoms with Gasteiger partial charge in [0.1, 0.15) is 0 Å². The molecule has 1 aromatic heterocycles. The number of aliphatic hydroxyl groups is 1. The number of aromatic nitrogens is 1. The second-order valence-corrected chi connectivity index (χ2v) is 5.37. The summed E-state index contributed by atoms with van der Waals surface area (Å²) in [5, 5.41) is 9.90. The molecule has 1 saturated carbocycles. The first-order valence-electron chi connectivity index (χ1n) is 6.94. The Morgan fingerprint density at radius 1 is 1.05 bits per heavy atom. The van der Waals surface area contributed by atoms with Crippen LogP contribution in [0.1, 0.15) is 36.4 Å². The molecule has 19 heavy (non-hydrogen) atoms. The molecule has 2 heteroatoms. The quantitative estimate of drug-likeness (QED) is 0.907. The van der Waals surface area contributed by atoms with Crippen molar-refractivity contribution in [2.24, 2.45) is 0 Å². The van der Waals surface area contributed by atoms with Gasteiger partial charge in [-0.2, -0.15) is 0 Å². The van der Waals surface area contributed by atoms with Gasteiger partial charge in [0, 0.05) is 23.2 Å². The van der Waals surface area contributed by atoms with Crippen molar-refractivity contribution in [3.05, 3.63) is 66.0 Å². The van der Waals surface area contributed by atoms with Crippen molar-refractivity contribution < 1.29 is 5.11 Å². The maximum absolute atomic E-state index is 9.90. The number of pyridine rings is 1. The van der Waals surface area contributed by atoms with Crippen molar-refractivity contribution in [1.29, 1.82) is 0 Å². The van der Waals surface area contributed by atoms with E-state index in [1.165, 1.54) is 12.0 Å². The van der Waals surface area contributed by atoms with Crippen LogP contribution in [-0.4, -0.2) is 16.7 Å². The standard InChI is InChI=1S/C17H19NO/c19-13-15(16-9-4-5-12-18-16)17(10-6-11-17)14-7-2-1-3-8-14/h1-5,7-9,12,15,19H,6,10-11,13H2. The molecule has 2 aromatic rings. The lowest BCUT2D eigenvalue weighted by atomic mass is 9.57. The van der Waals surface area contributed by atoms with Gasteiger partial charge in [-0.05, 0) is 30.5 Å². The van der Waals surface area contributed by atoms with E-state index in [1.54, 1.807) is 0 Å². The molecule has 1 aromatic carbocycles. The lowest BCUT2D eigenvalue weighted by Crippen LogP contribution is -2.42. The van der Waals surface area contributed by atoms with Crippen LogP contribution >= 0.6 is 0 Å². The van der Waals surface area contributed by atoms with Crippen molar-refractivity contribution >= 4 is 0 Å². The Balaban J connectivity index is 2.01. The first kappa shape index (κ1) is 12.4. The van der Waals surface area contributed by atoms with Gasteiger partial charge < -0.3 is 5.11 Å². The van der Waals surface area contributed by atoms with Gasteiger partial charge in [-0.15, -0.1) is 0 Å². The van der Waals surface area contributed by atoms with Gasteiger partial charge in [-0.1, -0.05) is 42.8 Å². The summed E-state index contributed by atoms with van der Waals surface area (Å²) in [6, 6.07) is 16.5. The van der Waals surface area contributed by atoms with E-state index >= 15 is 0 Å². The van der Waals surface area contributed by atoms with Gasteiger partial charge in [0.25, 0.3) is 0 Å². The van der Waals surface area contributed by atoms with Crippen molar-refractivity contribution in [3.8, 4) is 0 Å². The summed E-state index contributed by atoms with van der Waals surface area (Å²) in [6.45, 7) is 0.159. The Morgan fingerprint density at radius 2 is 1.79 bits per heavy atom. The average Bonchev–Trinajstić information content (AvgIpc) is 2.44. The highest BCUT2D eigenvalue weighted by atomic mass is 16.3. The Hall–Kier alpha value is -1.67. The summed E-state index contributed by atoms with van der Waals surface area (Å²) in [4.78, 5) is 4.46. The Bertz CT molecular complexity index is 519. The van der Waals surface area contributed by atoms with E-state index < -0.39 is 0 Å². The molecule has 0 bridgehead atoms. The first-order chi connectivity index (χ1) is 9.37. The third-order valence-corrected chi connectivity index (χ3v) is 4.49. The SMILES string of the molecule is OCC(c1ccccn1)C1(c2ccccc2)CCC1. The van der Waals surface area contributed by atoms with Crippen LogP contribution < -0.4 is 0 Å².